The van der Waals surface area contributed by atoms with Crippen molar-refractivity contribution in [3.63, 3.8) is 0 Å². The summed E-state index contributed by atoms with van der Waals surface area (Å²) in [6, 6.07) is 11.0. The van der Waals surface area contributed by atoms with Crippen LogP contribution >= 0.6 is 34.7 Å². The number of aryl methyl sites for hydroxylation is 1. The van der Waals surface area contributed by atoms with Gasteiger partial charge in [-0.3, -0.25) is 4.79 Å². The molecule has 0 aliphatic rings. The smallest absolute Gasteiger partial charge is 0.234 e. The number of hydrogen-bond acceptors (Lipinski definition) is 5. The topological polar surface area (TPSA) is 68.0 Å². The van der Waals surface area contributed by atoms with Gasteiger partial charge in [0.05, 0.1) is 16.0 Å². The van der Waals surface area contributed by atoms with E-state index in [0.717, 1.165) is 25.8 Å². The average Bonchev–Trinajstić information content (AvgIpc) is 2.91. The monoisotopic (exact) mass is 363 g/mol. The molecule has 0 atom stereocenters. The van der Waals surface area contributed by atoms with Crippen LogP contribution in [0.4, 0.5) is 11.4 Å². The summed E-state index contributed by atoms with van der Waals surface area (Å²) in [4.78, 5) is 16.6. The van der Waals surface area contributed by atoms with Crippen molar-refractivity contribution >= 4 is 62.2 Å². The van der Waals surface area contributed by atoms with Gasteiger partial charge in [0, 0.05) is 16.4 Å². The Kier molecular flexibility index (Phi) is 4.75. The number of nitrogen functional groups attached to an aromatic ring is 1. The van der Waals surface area contributed by atoms with Crippen LogP contribution in [0.3, 0.4) is 0 Å². The minimum Gasteiger partial charge on any atom is -0.399 e. The van der Waals surface area contributed by atoms with Crippen LogP contribution in [0, 0.1) is 6.92 Å². The van der Waals surface area contributed by atoms with Crippen LogP contribution in [0.2, 0.25) is 5.02 Å². The molecule has 3 N–H and O–H groups in total. The molecule has 0 spiro atoms. The summed E-state index contributed by atoms with van der Waals surface area (Å²) < 4.78 is 1.88. The molecule has 7 heteroatoms. The van der Waals surface area contributed by atoms with Crippen LogP contribution in [0.15, 0.2) is 40.7 Å². The Labute approximate surface area is 147 Å². The number of carbonyl (C=O) groups is 1. The number of thioether (sulfide) groups is 1. The van der Waals surface area contributed by atoms with Crippen molar-refractivity contribution in [1.82, 2.24) is 4.98 Å². The molecule has 1 aromatic heterocycles. The van der Waals surface area contributed by atoms with E-state index < -0.39 is 0 Å². The molecule has 0 fully saturated rings. The van der Waals surface area contributed by atoms with E-state index in [0.29, 0.717) is 16.5 Å². The number of thiazole rings is 1. The molecule has 3 aromatic rings. The number of rotatable bonds is 4. The predicted molar refractivity (Wildman–Crippen MR) is 99.6 cm³/mol. The van der Waals surface area contributed by atoms with E-state index in [1.54, 1.807) is 12.1 Å². The normalized spacial score (nSPS) is 10.9. The second kappa shape index (κ2) is 6.78. The number of carbonyl (C=O) groups excluding carboxylic acids is 1. The summed E-state index contributed by atoms with van der Waals surface area (Å²) >= 11 is 8.90. The summed E-state index contributed by atoms with van der Waals surface area (Å²) in [5.41, 5.74) is 9.09. The van der Waals surface area contributed by atoms with Crippen molar-refractivity contribution in [2.24, 2.45) is 0 Å². The van der Waals surface area contributed by atoms with Crippen LogP contribution in [-0.4, -0.2) is 16.6 Å². The number of benzene rings is 2. The standard InChI is InChI=1S/C16H14ClN3OS2/c1-9-2-3-10(17)6-13(9)19-15(21)8-22-16-20-12-5-4-11(18)7-14(12)23-16/h2-7H,8,18H2,1H3,(H,19,21). The highest BCUT2D eigenvalue weighted by atomic mass is 35.5. The Balaban J connectivity index is 1.64. The molecular weight excluding hydrogens is 350 g/mol. The van der Waals surface area contributed by atoms with Gasteiger partial charge in [0.1, 0.15) is 0 Å². The van der Waals surface area contributed by atoms with E-state index in [4.69, 9.17) is 17.3 Å². The Morgan fingerprint density at radius 2 is 2.17 bits per heavy atom. The lowest BCUT2D eigenvalue weighted by Gasteiger charge is -2.08. The highest BCUT2D eigenvalue weighted by Crippen LogP contribution is 2.30. The average molecular weight is 364 g/mol. The van der Waals surface area contributed by atoms with Crippen molar-refractivity contribution in [1.29, 1.82) is 0 Å². The fraction of sp³-hybridized carbons (Fsp3) is 0.125. The molecule has 1 amide bonds. The van der Waals surface area contributed by atoms with Crippen LogP contribution < -0.4 is 11.1 Å². The highest BCUT2D eigenvalue weighted by molar-refractivity contribution is 8.01. The van der Waals surface area contributed by atoms with Gasteiger partial charge in [0.2, 0.25) is 5.91 Å². The molecule has 4 nitrogen and oxygen atoms in total. The number of nitrogens with two attached hydrogens (primary N) is 1. The number of amides is 1. The van der Waals surface area contributed by atoms with Gasteiger partial charge in [-0.2, -0.15) is 0 Å². The third-order valence-electron chi connectivity index (χ3n) is 3.19. The molecule has 1 heterocycles. The van der Waals surface area contributed by atoms with Crippen LogP contribution in [0.1, 0.15) is 5.56 Å². The molecule has 3 rings (SSSR count). The minimum atomic E-state index is -0.0841. The van der Waals surface area contributed by atoms with Crippen molar-refractivity contribution < 1.29 is 4.79 Å². The summed E-state index contributed by atoms with van der Waals surface area (Å²) in [6.45, 7) is 1.93. The molecule has 0 aliphatic heterocycles. The lowest BCUT2D eigenvalue weighted by atomic mass is 10.2. The first-order chi connectivity index (χ1) is 11.0. The van der Waals surface area contributed by atoms with E-state index in [2.05, 4.69) is 10.3 Å². The number of anilines is 2. The molecule has 118 valence electrons. The first-order valence-electron chi connectivity index (χ1n) is 6.86. The highest BCUT2D eigenvalue weighted by Gasteiger charge is 2.09. The van der Waals surface area contributed by atoms with E-state index >= 15 is 0 Å². The lowest BCUT2D eigenvalue weighted by Crippen LogP contribution is -2.14. The molecule has 0 bridgehead atoms. The summed E-state index contributed by atoms with van der Waals surface area (Å²) in [6.07, 6.45) is 0. The Morgan fingerprint density at radius 3 is 3.00 bits per heavy atom. The number of aromatic nitrogens is 1. The van der Waals surface area contributed by atoms with Gasteiger partial charge < -0.3 is 11.1 Å². The van der Waals surface area contributed by atoms with E-state index in [1.165, 1.54) is 23.1 Å². The summed E-state index contributed by atoms with van der Waals surface area (Å²) in [7, 11) is 0. The van der Waals surface area contributed by atoms with E-state index in [1.807, 2.05) is 31.2 Å². The maximum atomic E-state index is 12.1. The van der Waals surface area contributed by atoms with Gasteiger partial charge in [0.25, 0.3) is 0 Å². The SMILES string of the molecule is Cc1ccc(Cl)cc1NC(=O)CSc1nc2ccc(N)cc2s1. The number of hydrogen-bond donors (Lipinski definition) is 2. The van der Waals surface area contributed by atoms with Crippen LogP contribution in [0.25, 0.3) is 10.2 Å². The second-order valence-corrected chi connectivity index (χ2v) is 7.69. The summed E-state index contributed by atoms with van der Waals surface area (Å²) in [5, 5.41) is 3.48. The Morgan fingerprint density at radius 1 is 1.35 bits per heavy atom. The van der Waals surface area contributed by atoms with Gasteiger partial charge in [-0.05, 0) is 42.8 Å². The maximum absolute atomic E-state index is 12.1. The largest absolute Gasteiger partial charge is 0.399 e. The fourth-order valence-corrected chi connectivity index (χ4v) is 4.11. The fourth-order valence-electron chi connectivity index (χ4n) is 2.02. The molecule has 23 heavy (non-hydrogen) atoms. The molecule has 0 saturated heterocycles. The predicted octanol–water partition coefficient (Wildman–Crippen LogP) is 4.57. The Hall–Kier alpha value is -1.76. The second-order valence-electron chi connectivity index (χ2n) is 5.00. The zero-order valence-corrected chi connectivity index (χ0v) is 14.7. The molecule has 0 unspecified atom stereocenters. The van der Waals surface area contributed by atoms with E-state index in [9.17, 15) is 4.79 Å². The van der Waals surface area contributed by atoms with Crippen molar-refractivity contribution in [2.75, 3.05) is 16.8 Å². The van der Waals surface area contributed by atoms with Gasteiger partial charge in [0.15, 0.2) is 4.34 Å². The van der Waals surface area contributed by atoms with Crippen molar-refractivity contribution in [2.45, 2.75) is 11.3 Å². The third-order valence-corrected chi connectivity index (χ3v) is 5.59. The molecule has 2 aromatic carbocycles. The molecular formula is C16H14ClN3OS2. The van der Waals surface area contributed by atoms with Gasteiger partial charge in [-0.25, -0.2) is 4.98 Å². The zero-order valence-electron chi connectivity index (χ0n) is 12.3. The number of nitrogens with zero attached hydrogens (tertiary/aromatic N) is 1. The first-order valence-corrected chi connectivity index (χ1v) is 9.04. The van der Waals surface area contributed by atoms with Gasteiger partial charge in [-0.1, -0.05) is 29.4 Å². The van der Waals surface area contributed by atoms with Gasteiger partial charge in [-0.15, -0.1) is 11.3 Å². The first kappa shape index (κ1) is 16.1. The van der Waals surface area contributed by atoms with Crippen molar-refractivity contribution in [3.8, 4) is 0 Å². The molecule has 0 radical (unpaired) electrons. The van der Waals surface area contributed by atoms with Crippen LogP contribution in [-0.2, 0) is 4.79 Å². The lowest BCUT2D eigenvalue weighted by molar-refractivity contribution is -0.113. The van der Waals surface area contributed by atoms with Gasteiger partial charge >= 0.3 is 0 Å². The molecule has 0 aliphatic carbocycles. The van der Waals surface area contributed by atoms with E-state index in [-0.39, 0.29) is 5.91 Å². The number of fused-ring (bicyclic) bond motifs is 1. The zero-order chi connectivity index (χ0) is 16.4. The molecule has 0 saturated carbocycles. The Bertz CT molecular complexity index is 879. The summed E-state index contributed by atoms with van der Waals surface area (Å²) in [5.74, 6) is 0.209. The van der Waals surface area contributed by atoms with Crippen molar-refractivity contribution in [3.05, 3.63) is 47.0 Å². The third kappa shape index (κ3) is 3.96. The maximum Gasteiger partial charge on any atom is 0.234 e. The van der Waals surface area contributed by atoms with Crippen LogP contribution in [0.5, 0.6) is 0 Å². The quantitative estimate of drug-likeness (QED) is 0.526. The number of nitrogens with one attached hydrogen (secondary N) is 1. The minimum absolute atomic E-state index is 0.0841. The number of halogens is 1.